The molecule has 0 amide bonds. The van der Waals surface area contributed by atoms with Crippen molar-refractivity contribution in [2.24, 2.45) is 5.41 Å². The Bertz CT molecular complexity index is 271. The van der Waals surface area contributed by atoms with Gasteiger partial charge in [0.15, 0.2) is 0 Å². The molecule has 0 rings (SSSR count). The van der Waals surface area contributed by atoms with Gasteiger partial charge < -0.3 is 20.4 Å². The second-order valence-electron chi connectivity index (χ2n) is 5.29. The zero-order valence-electron chi connectivity index (χ0n) is 13.9. The van der Waals surface area contributed by atoms with Crippen LogP contribution in [0, 0.1) is 5.41 Å². The number of aliphatic hydroxyl groups is 2. The standard InChI is InChI=1S/C8H18O.C7H12O4.H2O/c1-4-6-8(3,5-2)7-9;1-3-4-6(9)11-7(10)5(2)8;/h9H,4-7H2,1-3H3;5,8H,3-4H2,1-2H3;1H2. The van der Waals surface area contributed by atoms with Crippen molar-refractivity contribution in [3.8, 4) is 0 Å². The summed E-state index contributed by atoms with van der Waals surface area (Å²) < 4.78 is 4.22. The highest BCUT2D eigenvalue weighted by Gasteiger charge is 2.18. The van der Waals surface area contributed by atoms with E-state index in [9.17, 15) is 9.59 Å². The summed E-state index contributed by atoms with van der Waals surface area (Å²) in [5.74, 6) is -1.47. The van der Waals surface area contributed by atoms with Gasteiger partial charge in [-0.2, -0.15) is 0 Å². The summed E-state index contributed by atoms with van der Waals surface area (Å²) >= 11 is 0. The molecule has 128 valence electrons. The van der Waals surface area contributed by atoms with Gasteiger partial charge in [0.05, 0.1) is 0 Å². The molecule has 0 spiro atoms. The largest absolute Gasteiger partial charge is 0.412 e. The Balaban J connectivity index is -0.000000300. The molecule has 0 heterocycles. The van der Waals surface area contributed by atoms with Crippen LogP contribution in [-0.4, -0.2) is 40.3 Å². The highest BCUT2D eigenvalue weighted by atomic mass is 16.6. The van der Waals surface area contributed by atoms with Gasteiger partial charge in [-0.3, -0.25) is 4.79 Å². The fraction of sp³-hybridized carbons (Fsp3) is 0.867. The summed E-state index contributed by atoms with van der Waals surface area (Å²) in [6, 6.07) is 0. The van der Waals surface area contributed by atoms with Gasteiger partial charge >= 0.3 is 11.9 Å². The van der Waals surface area contributed by atoms with Crippen LogP contribution in [0.3, 0.4) is 0 Å². The minimum atomic E-state index is -1.23. The van der Waals surface area contributed by atoms with E-state index >= 15 is 0 Å². The quantitative estimate of drug-likeness (QED) is 0.547. The van der Waals surface area contributed by atoms with E-state index in [1.165, 1.54) is 13.3 Å². The Morgan fingerprint density at radius 1 is 1.19 bits per heavy atom. The lowest BCUT2D eigenvalue weighted by Crippen LogP contribution is -2.22. The predicted octanol–water partition coefficient (Wildman–Crippen LogP) is 1.61. The average molecular weight is 308 g/mol. The average Bonchev–Trinajstić information content (AvgIpc) is 2.39. The molecule has 6 heteroatoms. The van der Waals surface area contributed by atoms with Gasteiger partial charge in [0.1, 0.15) is 6.10 Å². The van der Waals surface area contributed by atoms with Gasteiger partial charge in [-0.15, -0.1) is 0 Å². The van der Waals surface area contributed by atoms with E-state index in [2.05, 4.69) is 25.5 Å². The van der Waals surface area contributed by atoms with Crippen LogP contribution in [-0.2, 0) is 14.3 Å². The number of aliphatic hydroxyl groups excluding tert-OH is 2. The molecule has 0 aromatic heterocycles. The molecule has 6 nitrogen and oxygen atoms in total. The fourth-order valence-corrected chi connectivity index (χ4v) is 1.42. The summed E-state index contributed by atoms with van der Waals surface area (Å²) in [7, 11) is 0. The number of rotatable bonds is 7. The van der Waals surface area contributed by atoms with Crippen molar-refractivity contribution < 1.29 is 30.0 Å². The van der Waals surface area contributed by atoms with Gasteiger partial charge in [0, 0.05) is 13.0 Å². The molecule has 0 saturated carbocycles. The molecule has 0 aliphatic rings. The lowest BCUT2D eigenvalue weighted by atomic mass is 9.84. The first-order valence-corrected chi connectivity index (χ1v) is 7.29. The van der Waals surface area contributed by atoms with Crippen LogP contribution in [0.15, 0.2) is 0 Å². The summed E-state index contributed by atoms with van der Waals surface area (Å²) in [6.07, 6.45) is 3.00. The molecule has 0 aromatic carbocycles. The molecule has 0 saturated heterocycles. The minimum Gasteiger partial charge on any atom is -0.412 e. The van der Waals surface area contributed by atoms with Gasteiger partial charge in [-0.1, -0.05) is 34.1 Å². The second kappa shape index (κ2) is 14.0. The third-order valence-electron chi connectivity index (χ3n) is 3.10. The summed E-state index contributed by atoms with van der Waals surface area (Å²) in [5.41, 5.74) is 0.189. The van der Waals surface area contributed by atoms with Crippen LogP contribution in [0.4, 0.5) is 0 Å². The van der Waals surface area contributed by atoms with Crippen molar-refractivity contribution in [2.75, 3.05) is 6.61 Å². The van der Waals surface area contributed by atoms with Crippen molar-refractivity contribution >= 4 is 11.9 Å². The third-order valence-corrected chi connectivity index (χ3v) is 3.10. The van der Waals surface area contributed by atoms with Crippen molar-refractivity contribution in [3.05, 3.63) is 0 Å². The maximum Gasteiger partial charge on any atom is 0.342 e. The topological polar surface area (TPSA) is 115 Å². The Labute approximate surface area is 127 Å². The SMILES string of the molecule is CCCC(=O)OC(=O)C(C)O.CCCC(C)(CC)CO.O. The van der Waals surface area contributed by atoms with Crippen LogP contribution >= 0.6 is 0 Å². The Hall–Kier alpha value is -0.980. The normalized spacial score (nSPS) is 13.9. The first kappa shape index (κ1) is 25.0. The van der Waals surface area contributed by atoms with Gasteiger partial charge in [-0.05, 0) is 31.6 Å². The van der Waals surface area contributed by atoms with E-state index in [4.69, 9.17) is 10.2 Å². The molecule has 21 heavy (non-hydrogen) atoms. The highest BCUT2D eigenvalue weighted by Crippen LogP contribution is 2.25. The molecular formula is C15H32O6. The molecule has 2 unspecified atom stereocenters. The van der Waals surface area contributed by atoms with Crippen LogP contribution in [0.5, 0.6) is 0 Å². The van der Waals surface area contributed by atoms with E-state index in [-0.39, 0.29) is 17.3 Å². The zero-order chi connectivity index (χ0) is 16.2. The molecule has 2 atom stereocenters. The van der Waals surface area contributed by atoms with Crippen LogP contribution in [0.25, 0.3) is 0 Å². The van der Waals surface area contributed by atoms with Gasteiger partial charge in [-0.25, -0.2) is 4.79 Å². The monoisotopic (exact) mass is 308 g/mol. The second-order valence-corrected chi connectivity index (χ2v) is 5.29. The Kier molecular flexibility index (Phi) is 16.6. The number of carbonyl (C=O) groups excluding carboxylic acids is 2. The maximum absolute atomic E-state index is 10.6. The molecule has 4 N–H and O–H groups in total. The Morgan fingerprint density at radius 2 is 1.71 bits per heavy atom. The molecule has 0 aliphatic heterocycles. The zero-order valence-corrected chi connectivity index (χ0v) is 13.9. The van der Waals surface area contributed by atoms with Gasteiger partial charge in [0.25, 0.3) is 0 Å². The molecule has 0 bridgehead atoms. The first-order chi connectivity index (χ1) is 9.26. The van der Waals surface area contributed by atoms with Crippen molar-refractivity contribution in [2.45, 2.75) is 72.8 Å². The highest BCUT2D eigenvalue weighted by molar-refractivity contribution is 5.87. The summed E-state index contributed by atoms with van der Waals surface area (Å²) in [4.78, 5) is 21.1. The first-order valence-electron chi connectivity index (χ1n) is 7.29. The summed E-state index contributed by atoms with van der Waals surface area (Å²) in [6.45, 7) is 9.80. The number of esters is 2. The van der Waals surface area contributed by atoms with Crippen LogP contribution < -0.4 is 0 Å². The predicted molar refractivity (Wildman–Crippen MR) is 81.7 cm³/mol. The van der Waals surface area contributed by atoms with E-state index in [0.29, 0.717) is 13.0 Å². The van der Waals surface area contributed by atoms with Gasteiger partial charge in [0.2, 0.25) is 0 Å². The summed E-state index contributed by atoms with van der Waals surface area (Å²) in [5, 5.41) is 17.5. The lowest BCUT2D eigenvalue weighted by Gasteiger charge is -2.24. The fourth-order valence-electron chi connectivity index (χ4n) is 1.42. The van der Waals surface area contributed by atoms with Crippen LogP contribution in [0.1, 0.15) is 66.7 Å². The molecule has 0 fully saturated rings. The van der Waals surface area contributed by atoms with E-state index in [0.717, 1.165) is 12.8 Å². The molecular weight excluding hydrogens is 276 g/mol. The number of carbonyl (C=O) groups is 2. The molecule has 0 aromatic rings. The maximum atomic E-state index is 10.6. The van der Waals surface area contributed by atoms with E-state index in [1.807, 2.05) is 0 Å². The number of hydrogen-bond donors (Lipinski definition) is 2. The molecule has 0 radical (unpaired) electrons. The Morgan fingerprint density at radius 3 is 1.95 bits per heavy atom. The van der Waals surface area contributed by atoms with Crippen molar-refractivity contribution in [1.29, 1.82) is 0 Å². The number of hydrogen-bond acceptors (Lipinski definition) is 5. The number of ether oxygens (including phenoxy) is 1. The third kappa shape index (κ3) is 13.7. The lowest BCUT2D eigenvalue weighted by molar-refractivity contribution is -0.165. The van der Waals surface area contributed by atoms with Crippen molar-refractivity contribution in [3.63, 3.8) is 0 Å². The minimum absolute atomic E-state index is 0. The van der Waals surface area contributed by atoms with E-state index < -0.39 is 18.0 Å². The van der Waals surface area contributed by atoms with Crippen molar-refractivity contribution in [1.82, 2.24) is 0 Å². The van der Waals surface area contributed by atoms with E-state index in [1.54, 1.807) is 6.92 Å². The molecule has 0 aliphatic carbocycles. The van der Waals surface area contributed by atoms with Crippen LogP contribution in [0.2, 0.25) is 0 Å². The smallest absolute Gasteiger partial charge is 0.342 e.